The second kappa shape index (κ2) is 7.24. The molecule has 2 aromatic rings. The maximum absolute atomic E-state index is 12.8. The van der Waals surface area contributed by atoms with Crippen LogP contribution in [-0.4, -0.2) is 15.6 Å². The lowest BCUT2D eigenvalue weighted by molar-refractivity contribution is -0.748. The van der Waals surface area contributed by atoms with Gasteiger partial charge >= 0.3 is 0 Å². The highest BCUT2D eigenvalue weighted by atomic mass is 16.6. The molecule has 0 saturated carbocycles. The second-order valence-electron chi connectivity index (χ2n) is 6.92. The fourth-order valence-corrected chi connectivity index (χ4v) is 3.76. The van der Waals surface area contributed by atoms with Gasteiger partial charge in [-0.25, -0.2) is 0 Å². The van der Waals surface area contributed by atoms with Crippen molar-refractivity contribution in [2.75, 3.05) is 0 Å². The average molecular weight is 370 g/mol. The number of nitrogens with two attached hydrogens (primary N) is 1. The van der Waals surface area contributed by atoms with Crippen LogP contribution in [-0.2, 0) is 4.79 Å². The van der Waals surface area contributed by atoms with E-state index in [0.717, 1.165) is 11.1 Å². The van der Waals surface area contributed by atoms with Gasteiger partial charge in [-0.2, -0.15) is 0 Å². The van der Waals surface area contributed by atoms with Crippen LogP contribution in [0, 0.1) is 32.1 Å². The summed E-state index contributed by atoms with van der Waals surface area (Å²) < 4.78 is 0. The van der Waals surface area contributed by atoms with E-state index in [4.69, 9.17) is 0 Å². The highest BCUT2D eigenvalue weighted by molar-refractivity contribution is 5.84. The number of Topliss-reactive ketones (excluding diaryl/α,β-unsaturated/α-hetero) is 1. The summed E-state index contributed by atoms with van der Waals surface area (Å²) in [4.78, 5) is 33.6. The van der Waals surface area contributed by atoms with Gasteiger partial charge in [-0.3, -0.25) is 25.0 Å². The Bertz CT molecular complexity index is 808. The lowest BCUT2D eigenvalue weighted by Crippen LogP contribution is -2.91. The predicted molar refractivity (Wildman–Crippen MR) is 96.9 cm³/mol. The van der Waals surface area contributed by atoms with Gasteiger partial charge in [0.05, 0.1) is 21.7 Å². The molecule has 140 valence electrons. The van der Waals surface area contributed by atoms with Gasteiger partial charge < -0.3 is 5.32 Å². The third-order valence-electron chi connectivity index (χ3n) is 5.37. The highest BCUT2D eigenvalue weighted by Crippen LogP contribution is 2.33. The number of nitro groups is 2. The van der Waals surface area contributed by atoms with E-state index in [1.807, 2.05) is 13.8 Å². The van der Waals surface area contributed by atoms with Crippen LogP contribution in [0.2, 0.25) is 0 Å². The van der Waals surface area contributed by atoms with Crippen LogP contribution in [0.15, 0.2) is 48.5 Å². The minimum absolute atomic E-state index is 0.00817. The van der Waals surface area contributed by atoms with Crippen molar-refractivity contribution in [3.05, 3.63) is 79.9 Å². The van der Waals surface area contributed by atoms with Crippen molar-refractivity contribution < 1.29 is 20.0 Å². The Kier molecular flexibility index (Phi) is 5.00. The van der Waals surface area contributed by atoms with Crippen LogP contribution in [0.5, 0.6) is 0 Å². The summed E-state index contributed by atoms with van der Waals surface area (Å²) in [5.41, 5.74) is 1.71. The lowest BCUT2D eigenvalue weighted by Gasteiger charge is -2.36. The van der Waals surface area contributed by atoms with Crippen molar-refractivity contribution in [3.8, 4) is 0 Å². The maximum Gasteiger partial charge on any atom is 0.269 e. The van der Waals surface area contributed by atoms with Crippen molar-refractivity contribution in [3.63, 3.8) is 0 Å². The SMILES string of the molecule is C[C@@H]1C(=O)[C@@H](C)[C@@H](c2ccc([N+](=O)[O-])cc2)[NH2+][C@@H]1c1ccc([N+](=O)[O-])cc1. The summed E-state index contributed by atoms with van der Waals surface area (Å²) in [7, 11) is 0. The molecule has 1 aliphatic heterocycles. The molecule has 0 unspecified atom stereocenters. The largest absolute Gasteiger partial charge is 0.333 e. The number of benzene rings is 2. The number of hydrogen-bond donors (Lipinski definition) is 1. The Hall–Kier alpha value is -3.13. The van der Waals surface area contributed by atoms with E-state index >= 15 is 0 Å². The van der Waals surface area contributed by atoms with Crippen molar-refractivity contribution in [2.45, 2.75) is 25.9 Å². The van der Waals surface area contributed by atoms with Crippen molar-refractivity contribution in [1.82, 2.24) is 0 Å². The maximum atomic E-state index is 12.8. The number of nitro benzene ring substituents is 2. The number of carbonyl (C=O) groups is 1. The number of hydrogen-bond acceptors (Lipinski definition) is 5. The van der Waals surface area contributed by atoms with E-state index < -0.39 is 9.85 Å². The van der Waals surface area contributed by atoms with Crippen LogP contribution in [0.1, 0.15) is 37.1 Å². The second-order valence-corrected chi connectivity index (χ2v) is 6.92. The minimum atomic E-state index is -0.454. The molecule has 8 nitrogen and oxygen atoms in total. The van der Waals surface area contributed by atoms with E-state index in [-0.39, 0.29) is 41.1 Å². The van der Waals surface area contributed by atoms with Gasteiger partial charge in [-0.1, -0.05) is 0 Å². The topological polar surface area (TPSA) is 120 Å². The van der Waals surface area contributed by atoms with Crippen LogP contribution in [0.3, 0.4) is 0 Å². The monoisotopic (exact) mass is 370 g/mol. The average Bonchev–Trinajstić information content (AvgIpc) is 2.66. The summed E-state index contributed by atoms with van der Waals surface area (Å²) in [6.07, 6.45) is 0. The number of non-ortho nitro benzene ring substituents is 2. The molecule has 0 radical (unpaired) electrons. The van der Waals surface area contributed by atoms with Crippen LogP contribution in [0.4, 0.5) is 11.4 Å². The summed E-state index contributed by atoms with van der Waals surface area (Å²) in [6.45, 7) is 3.74. The molecule has 0 aromatic heterocycles. The number of piperidine rings is 1. The normalized spacial score (nSPS) is 25.2. The fourth-order valence-electron chi connectivity index (χ4n) is 3.76. The Morgan fingerprint density at radius 2 is 1.07 bits per heavy atom. The number of nitrogens with zero attached hydrogens (tertiary/aromatic N) is 2. The van der Waals surface area contributed by atoms with Crippen molar-refractivity contribution in [2.24, 2.45) is 11.8 Å². The van der Waals surface area contributed by atoms with Crippen LogP contribution in [0.25, 0.3) is 0 Å². The fraction of sp³-hybridized carbons (Fsp3) is 0.316. The highest BCUT2D eigenvalue weighted by Gasteiger charge is 2.43. The number of rotatable bonds is 4. The van der Waals surface area contributed by atoms with E-state index in [0.29, 0.717) is 0 Å². The molecule has 0 bridgehead atoms. The quantitative estimate of drug-likeness (QED) is 0.655. The summed E-state index contributed by atoms with van der Waals surface area (Å²) in [5.74, 6) is -0.365. The molecule has 0 amide bonds. The van der Waals surface area contributed by atoms with Gasteiger partial charge in [0.2, 0.25) is 0 Å². The van der Waals surface area contributed by atoms with Gasteiger partial charge in [-0.15, -0.1) is 0 Å². The number of quaternary nitrogens is 1. The lowest BCUT2D eigenvalue weighted by atomic mass is 9.76. The predicted octanol–water partition coefficient (Wildman–Crippen LogP) is 2.70. The standard InChI is InChI=1S/C19H19N3O5/c1-11-17(13-3-7-15(8-4-13)21(24)25)20-18(12(2)19(11)23)14-5-9-16(10-6-14)22(26)27/h3-12,17-18,20H,1-2H3/p+1/t11-,12-,17-,18-/m0/s1. The zero-order valence-corrected chi connectivity index (χ0v) is 14.9. The van der Waals surface area contributed by atoms with Crippen LogP contribution < -0.4 is 5.32 Å². The van der Waals surface area contributed by atoms with Gasteiger partial charge in [0.15, 0.2) is 5.78 Å². The molecule has 1 saturated heterocycles. The molecule has 3 rings (SSSR count). The zero-order chi connectivity index (χ0) is 19.7. The first-order chi connectivity index (χ1) is 12.8. The molecule has 1 aliphatic rings. The van der Waals surface area contributed by atoms with E-state index in [1.165, 1.54) is 24.3 Å². The number of ketones is 1. The smallest absolute Gasteiger partial charge is 0.269 e. The first kappa shape index (κ1) is 18.7. The molecule has 0 aliphatic carbocycles. The molecular formula is C19H20N3O5+. The summed E-state index contributed by atoms with van der Waals surface area (Å²) in [5, 5.41) is 23.8. The molecule has 2 aromatic carbocycles. The molecule has 8 heteroatoms. The van der Waals surface area contributed by atoms with Crippen LogP contribution >= 0.6 is 0 Å². The molecule has 4 atom stereocenters. The minimum Gasteiger partial charge on any atom is -0.333 e. The third kappa shape index (κ3) is 3.56. The van der Waals surface area contributed by atoms with E-state index in [1.54, 1.807) is 24.3 Å². The van der Waals surface area contributed by atoms with Crippen molar-refractivity contribution in [1.29, 1.82) is 0 Å². The van der Waals surface area contributed by atoms with Gasteiger partial charge in [0.25, 0.3) is 11.4 Å². The van der Waals surface area contributed by atoms with Gasteiger partial charge in [0.1, 0.15) is 12.1 Å². The first-order valence-corrected chi connectivity index (χ1v) is 8.67. The third-order valence-corrected chi connectivity index (χ3v) is 5.37. The van der Waals surface area contributed by atoms with Gasteiger partial charge in [-0.05, 0) is 38.1 Å². The molecule has 1 heterocycles. The Labute approximate surface area is 155 Å². The van der Waals surface area contributed by atoms with E-state index in [9.17, 15) is 25.0 Å². The molecule has 1 fully saturated rings. The molecule has 2 N–H and O–H groups in total. The molecule has 27 heavy (non-hydrogen) atoms. The molecule has 0 spiro atoms. The summed E-state index contributed by atoms with van der Waals surface area (Å²) >= 11 is 0. The Balaban J connectivity index is 1.91. The Morgan fingerprint density at radius 3 is 1.37 bits per heavy atom. The van der Waals surface area contributed by atoms with Crippen molar-refractivity contribution >= 4 is 17.2 Å². The Morgan fingerprint density at radius 1 is 0.741 bits per heavy atom. The first-order valence-electron chi connectivity index (χ1n) is 8.67. The number of carbonyl (C=O) groups excluding carboxylic acids is 1. The van der Waals surface area contributed by atoms with Gasteiger partial charge in [0, 0.05) is 35.4 Å². The van der Waals surface area contributed by atoms with E-state index in [2.05, 4.69) is 5.32 Å². The summed E-state index contributed by atoms with van der Waals surface area (Å²) in [6, 6.07) is 12.2. The molecular weight excluding hydrogens is 350 g/mol. The zero-order valence-electron chi connectivity index (χ0n) is 14.9.